The largest absolute Gasteiger partial charge is 0.539 e. The van der Waals surface area contributed by atoms with E-state index in [1.54, 1.807) is 0 Å². The van der Waals surface area contributed by atoms with E-state index >= 15 is 0 Å². The molecule has 0 fully saturated rings. The Labute approximate surface area is 100 Å². The van der Waals surface area contributed by atoms with Gasteiger partial charge in [-0.05, 0) is 6.42 Å². The van der Waals surface area contributed by atoms with E-state index in [0.29, 0.717) is 0 Å². The van der Waals surface area contributed by atoms with Gasteiger partial charge in [0.25, 0.3) is 0 Å². The third-order valence-corrected chi connectivity index (χ3v) is 1.95. The summed E-state index contributed by atoms with van der Waals surface area (Å²) in [6.07, 6.45) is 8.82. The van der Waals surface area contributed by atoms with Gasteiger partial charge in [0.05, 0.1) is 20.7 Å². The molecule has 0 saturated heterocycles. The van der Waals surface area contributed by atoms with Crippen LogP contribution in [0.4, 0.5) is 0 Å². The summed E-state index contributed by atoms with van der Waals surface area (Å²) in [5, 5.41) is 9.34. The van der Waals surface area contributed by atoms with E-state index in [-0.39, 0.29) is 0 Å². The molecule has 1 aromatic rings. The monoisotopic (exact) mass is 242 g/mol. The van der Waals surface area contributed by atoms with Crippen LogP contribution in [0.15, 0.2) is 18.7 Å². The molecule has 1 aromatic heterocycles. The van der Waals surface area contributed by atoms with Crippen LogP contribution in [-0.2, 0) is 27.9 Å². The third kappa shape index (κ3) is 7.10. The molecule has 0 saturated carbocycles. The van der Waals surface area contributed by atoms with Gasteiger partial charge in [-0.1, -0.05) is 13.3 Å². The number of ether oxygens (including phenoxy) is 1. The van der Waals surface area contributed by atoms with E-state index < -0.39 is 11.9 Å². The molecule has 0 unspecified atom stereocenters. The maximum Gasteiger partial charge on any atom is 0.353 e. The fourth-order valence-electron chi connectivity index (χ4n) is 1.06. The molecule has 0 atom stereocenters. The van der Waals surface area contributed by atoms with Gasteiger partial charge in [0.1, 0.15) is 12.4 Å². The van der Waals surface area contributed by atoms with Gasteiger partial charge in [0.2, 0.25) is 6.33 Å². The van der Waals surface area contributed by atoms with Crippen LogP contribution in [0.5, 0.6) is 0 Å². The average molecular weight is 242 g/mol. The van der Waals surface area contributed by atoms with Crippen LogP contribution < -0.4 is 9.67 Å². The molecule has 0 bridgehead atoms. The van der Waals surface area contributed by atoms with E-state index in [9.17, 15) is 14.7 Å². The minimum absolute atomic E-state index is 0.970. The van der Waals surface area contributed by atoms with Crippen molar-refractivity contribution in [2.24, 2.45) is 7.05 Å². The molecule has 6 heteroatoms. The molecule has 6 nitrogen and oxygen atoms in total. The second-order valence-corrected chi connectivity index (χ2v) is 3.45. The molecule has 0 amide bonds. The van der Waals surface area contributed by atoms with Gasteiger partial charge in [-0.2, -0.15) is 0 Å². The lowest BCUT2D eigenvalue weighted by Crippen LogP contribution is -2.32. The Morgan fingerprint density at radius 2 is 2.12 bits per heavy atom. The van der Waals surface area contributed by atoms with Crippen LogP contribution in [0.1, 0.15) is 19.8 Å². The van der Waals surface area contributed by atoms with Crippen LogP contribution in [-0.4, -0.2) is 23.6 Å². The molecular formula is C11H18N2O4. The lowest BCUT2D eigenvalue weighted by Gasteiger charge is -1.94. The van der Waals surface area contributed by atoms with Crippen molar-refractivity contribution in [3.05, 3.63) is 18.7 Å². The van der Waals surface area contributed by atoms with E-state index in [2.05, 4.69) is 39.5 Å². The maximum absolute atomic E-state index is 9.63. The zero-order chi connectivity index (χ0) is 13.3. The topological polar surface area (TPSA) is 75.2 Å². The summed E-state index contributed by atoms with van der Waals surface area (Å²) >= 11 is 0. The van der Waals surface area contributed by atoms with Crippen molar-refractivity contribution in [3.63, 3.8) is 0 Å². The number of carbonyl (C=O) groups is 2. The number of unbranched alkanes of at least 4 members (excludes halogenated alkanes) is 1. The van der Waals surface area contributed by atoms with Crippen LogP contribution >= 0.6 is 0 Å². The minimum atomic E-state index is -1.82. The number of nitrogens with zero attached hydrogens (tertiary/aromatic N) is 2. The fourth-order valence-corrected chi connectivity index (χ4v) is 1.06. The van der Waals surface area contributed by atoms with Gasteiger partial charge in [0.15, 0.2) is 5.97 Å². The molecule has 17 heavy (non-hydrogen) atoms. The first-order valence-electron chi connectivity index (χ1n) is 5.31. The Balaban J connectivity index is 0.000000325. The maximum atomic E-state index is 9.63. The van der Waals surface area contributed by atoms with Crippen LogP contribution in [0.25, 0.3) is 0 Å². The molecule has 0 aromatic carbocycles. The number of aromatic nitrogens is 2. The number of rotatable bonds is 3. The summed E-state index contributed by atoms with van der Waals surface area (Å²) in [7, 11) is 3.01. The first kappa shape index (κ1) is 15.2. The van der Waals surface area contributed by atoms with Crippen LogP contribution in [0, 0.1) is 0 Å². The molecule has 0 aliphatic rings. The highest BCUT2D eigenvalue weighted by Gasteiger charge is 1.96. The molecule has 0 radical (unpaired) electrons. The van der Waals surface area contributed by atoms with Gasteiger partial charge in [-0.3, -0.25) is 0 Å². The third-order valence-electron chi connectivity index (χ3n) is 1.95. The number of esters is 1. The number of aliphatic carboxylic acids is 1. The quantitative estimate of drug-likeness (QED) is 0.388. The van der Waals surface area contributed by atoms with E-state index in [1.165, 1.54) is 12.8 Å². The SMILES string of the molecule is CCCC[n+]1ccn(C)c1.COC(=O)C(=O)[O-]. The van der Waals surface area contributed by atoms with Crippen molar-refractivity contribution in [2.75, 3.05) is 7.11 Å². The van der Waals surface area contributed by atoms with E-state index in [1.807, 2.05) is 7.05 Å². The summed E-state index contributed by atoms with van der Waals surface area (Å²) in [6, 6.07) is 0. The van der Waals surface area contributed by atoms with Gasteiger partial charge in [-0.25, -0.2) is 13.9 Å². The Hall–Kier alpha value is -1.85. The summed E-state index contributed by atoms with van der Waals surface area (Å²) in [6.45, 7) is 3.36. The highest BCUT2D eigenvalue weighted by molar-refractivity contribution is 6.27. The zero-order valence-corrected chi connectivity index (χ0v) is 10.4. The standard InChI is InChI=1S/C8H15N2.C3H4O4/c1-3-4-5-10-7-6-9(2)8-10;1-7-3(6)2(4)5/h6-8H,3-5H2,1-2H3;1H3,(H,4,5)/q+1;/p-1. The summed E-state index contributed by atoms with van der Waals surface area (Å²) < 4.78 is 7.99. The Morgan fingerprint density at radius 1 is 1.47 bits per heavy atom. The molecule has 0 aliphatic carbocycles. The van der Waals surface area contributed by atoms with Crippen LogP contribution in [0.2, 0.25) is 0 Å². The number of imidazole rings is 1. The normalized spacial score (nSPS) is 9.12. The second kappa shape index (κ2) is 8.32. The van der Waals surface area contributed by atoms with Crippen molar-refractivity contribution >= 4 is 11.9 Å². The van der Waals surface area contributed by atoms with Crippen molar-refractivity contribution in [1.29, 1.82) is 0 Å². The minimum Gasteiger partial charge on any atom is -0.539 e. The predicted octanol–water partition coefficient (Wildman–Crippen LogP) is -0.978. The van der Waals surface area contributed by atoms with Gasteiger partial charge in [-0.15, -0.1) is 0 Å². The molecule has 1 heterocycles. The number of hydrogen-bond donors (Lipinski definition) is 0. The number of aryl methyl sites for hydroxylation is 2. The number of carboxylic acids is 1. The summed E-state index contributed by atoms with van der Waals surface area (Å²) in [4.78, 5) is 19.0. The summed E-state index contributed by atoms with van der Waals surface area (Å²) in [5.41, 5.74) is 0. The van der Waals surface area contributed by atoms with E-state index in [4.69, 9.17) is 0 Å². The lowest BCUT2D eigenvalue weighted by atomic mass is 10.3. The average Bonchev–Trinajstić information content (AvgIpc) is 2.72. The van der Waals surface area contributed by atoms with Gasteiger partial charge >= 0.3 is 5.97 Å². The molecule has 1 rings (SSSR count). The predicted molar refractivity (Wildman–Crippen MR) is 57.5 cm³/mol. The number of carboxylic acid groups (broad SMARTS) is 1. The lowest BCUT2D eigenvalue weighted by molar-refractivity contribution is -0.696. The summed E-state index contributed by atoms with van der Waals surface area (Å²) in [5.74, 6) is -3.16. The van der Waals surface area contributed by atoms with E-state index in [0.717, 1.165) is 13.7 Å². The Kier molecular flexibility index (Phi) is 7.41. The van der Waals surface area contributed by atoms with Crippen molar-refractivity contribution in [2.45, 2.75) is 26.3 Å². The first-order valence-corrected chi connectivity index (χ1v) is 5.31. The number of hydrogen-bond acceptors (Lipinski definition) is 4. The molecular weight excluding hydrogens is 224 g/mol. The number of methoxy groups -OCH3 is 1. The highest BCUT2D eigenvalue weighted by atomic mass is 16.5. The van der Waals surface area contributed by atoms with Gasteiger partial charge in [0, 0.05) is 0 Å². The van der Waals surface area contributed by atoms with Crippen molar-refractivity contribution in [1.82, 2.24) is 4.57 Å². The second-order valence-electron chi connectivity index (χ2n) is 3.45. The molecule has 0 aliphatic heterocycles. The van der Waals surface area contributed by atoms with Crippen LogP contribution in [0.3, 0.4) is 0 Å². The zero-order valence-electron chi connectivity index (χ0n) is 10.4. The highest BCUT2D eigenvalue weighted by Crippen LogP contribution is 1.85. The van der Waals surface area contributed by atoms with Gasteiger partial charge < -0.3 is 14.6 Å². The fraction of sp³-hybridized carbons (Fsp3) is 0.545. The van der Waals surface area contributed by atoms with Crippen molar-refractivity contribution < 1.29 is 24.0 Å². The number of carbonyl (C=O) groups excluding carboxylic acids is 2. The molecule has 0 spiro atoms. The Morgan fingerprint density at radius 3 is 2.41 bits per heavy atom. The first-order chi connectivity index (χ1) is 8.01. The smallest absolute Gasteiger partial charge is 0.353 e. The molecule has 0 N–H and O–H groups in total. The molecule has 96 valence electrons. The van der Waals surface area contributed by atoms with Crippen molar-refractivity contribution in [3.8, 4) is 0 Å². The Bertz CT molecular complexity index is 360.